The van der Waals surface area contributed by atoms with Crippen LogP contribution in [0.4, 0.5) is 0 Å². The molecule has 0 saturated carbocycles. The Morgan fingerprint density at radius 2 is 1.38 bits per heavy atom. The Morgan fingerprint density at radius 3 is 1.93 bits per heavy atom. The molecule has 0 amide bonds. The van der Waals surface area contributed by atoms with E-state index in [4.69, 9.17) is 46.4 Å². The Morgan fingerprint density at radius 1 is 0.759 bits per heavy atom. The Balaban J connectivity index is 2.60. The summed E-state index contributed by atoms with van der Waals surface area (Å²) < 4.78 is 34.1. The van der Waals surface area contributed by atoms with E-state index in [2.05, 4.69) is 0 Å². The highest BCUT2D eigenvalue weighted by molar-refractivity contribution is 7.87. The number of aromatic hydroxyl groups is 2. The molecule has 29 heavy (non-hydrogen) atoms. The second-order valence-electron chi connectivity index (χ2n) is 6.07. The van der Waals surface area contributed by atoms with Crippen molar-refractivity contribution in [3.8, 4) is 11.5 Å². The van der Waals surface area contributed by atoms with Crippen molar-refractivity contribution in [3.05, 3.63) is 91.4 Å². The van der Waals surface area contributed by atoms with E-state index < -0.39 is 20.6 Å². The molecule has 3 aromatic rings. The largest absolute Gasteiger partial charge is 0.506 e. The third-order valence-corrected chi connectivity index (χ3v) is 7.35. The lowest BCUT2D eigenvalue weighted by Gasteiger charge is -2.33. The van der Waals surface area contributed by atoms with E-state index in [1.807, 2.05) is 0 Å². The minimum atomic E-state index is -5.01. The van der Waals surface area contributed by atoms with Gasteiger partial charge in [-0.05, 0) is 29.3 Å². The van der Waals surface area contributed by atoms with E-state index in [1.54, 1.807) is 18.2 Å². The second-order valence-corrected chi connectivity index (χ2v) is 9.20. The molecule has 0 heterocycles. The van der Waals surface area contributed by atoms with Crippen molar-refractivity contribution < 1.29 is 23.2 Å². The van der Waals surface area contributed by atoms with Crippen molar-refractivity contribution in [1.29, 1.82) is 0 Å². The average Bonchev–Trinajstić information content (AvgIpc) is 2.67. The first kappa shape index (κ1) is 22.0. The van der Waals surface area contributed by atoms with Crippen molar-refractivity contribution in [2.45, 2.75) is 4.75 Å². The van der Waals surface area contributed by atoms with Gasteiger partial charge in [-0.3, -0.25) is 4.55 Å². The molecule has 0 spiro atoms. The molecule has 0 aromatic heterocycles. The van der Waals surface area contributed by atoms with Crippen LogP contribution in [0.5, 0.6) is 11.5 Å². The molecular formula is C19H12Cl4O5S. The van der Waals surface area contributed by atoms with E-state index in [1.165, 1.54) is 30.3 Å². The molecule has 0 bridgehead atoms. The number of halogens is 4. The van der Waals surface area contributed by atoms with Crippen LogP contribution >= 0.6 is 46.4 Å². The summed E-state index contributed by atoms with van der Waals surface area (Å²) in [6, 6.07) is 12.4. The number of phenols is 2. The highest BCUT2D eigenvalue weighted by Gasteiger charge is 2.50. The predicted octanol–water partition coefficient (Wildman–Crippen LogP) is 5.89. The van der Waals surface area contributed by atoms with E-state index in [-0.39, 0.29) is 42.5 Å². The van der Waals surface area contributed by atoms with Crippen LogP contribution < -0.4 is 0 Å². The molecule has 3 N–H and O–H groups in total. The second kappa shape index (κ2) is 7.87. The van der Waals surface area contributed by atoms with Gasteiger partial charge < -0.3 is 10.2 Å². The van der Waals surface area contributed by atoms with Gasteiger partial charge in [-0.2, -0.15) is 8.42 Å². The molecule has 5 nitrogen and oxygen atoms in total. The summed E-state index contributed by atoms with van der Waals surface area (Å²) in [6.07, 6.45) is 0. The van der Waals surface area contributed by atoms with Gasteiger partial charge in [0.05, 0.1) is 15.1 Å². The zero-order chi connectivity index (χ0) is 21.6. The summed E-state index contributed by atoms with van der Waals surface area (Å²) in [4.78, 5) is 0. The maximum atomic E-state index is 13.0. The third kappa shape index (κ3) is 3.54. The summed E-state index contributed by atoms with van der Waals surface area (Å²) in [6.45, 7) is 0. The van der Waals surface area contributed by atoms with Crippen molar-refractivity contribution in [3.63, 3.8) is 0 Å². The number of hydrogen-bond donors (Lipinski definition) is 3. The van der Waals surface area contributed by atoms with E-state index in [9.17, 15) is 23.2 Å². The quantitative estimate of drug-likeness (QED) is 0.239. The van der Waals surface area contributed by atoms with Crippen molar-refractivity contribution in [2.75, 3.05) is 0 Å². The molecule has 3 aromatic carbocycles. The van der Waals surface area contributed by atoms with Crippen molar-refractivity contribution in [1.82, 2.24) is 0 Å². The third-order valence-electron chi connectivity index (χ3n) is 4.44. The fraction of sp³-hybridized carbons (Fsp3) is 0.0526. The summed E-state index contributed by atoms with van der Waals surface area (Å²) in [5.74, 6) is -0.830. The van der Waals surface area contributed by atoms with Gasteiger partial charge in [-0.25, -0.2) is 0 Å². The van der Waals surface area contributed by atoms with Crippen LogP contribution in [0.1, 0.15) is 16.7 Å². The molecular weight excluding hydrogens is 482 g/mol. The Kier molecular flexibility index (Phi) is 5.98. The zero-order valence-corrected chi connectivity index (χ0v) is 18.1. The normalized spacial score (nSPS) is 13.8. The van der Waals surface area contributed by atoms with Gasteiger partial charge in [0.25, 0.3) is 10.1 Å². The van der Waals surface area contributed by atoms with Crippen molar-refractivity contribution >= 4 is 56.5 Å². The molecule has 152 valence electrons. The highest BCUT2D eigenvalue weighted by Crippen LogP contribution is 2.51. The minimum absolute atomic E-state index is 0.0336. The molecule has 0 aliphatic heterocycles. The average molecular weight is 494 g/mol. The van der Waals surface area contributed by atoms with Gasteiger partial charge in [0, 0.05) is 5.56 Å². The lowest BCUT2D eigenvalue weighted by molar-refractivity contribution is 0.456. The SMILES string of the molecule is O=S(=O)(O)C(c1ccccc1)(c1ccc(O)c(Cl)c1)c1cc(Cl)c(O)c(Cl)c1Cl. The molecule has 0 fully saturated rings. The molecule has 1 atom stereocenters. The molecule has 0 saturated heterocycles. The Labute approximate surface area is 186 Å². The first-order valence-corrected chi connectivity index (χ1v) is 10.9. The number of phenolic OH excluding ortho intramolecular Hbond substituents is 2. The maximum Gasteiger partial charge on any atom is 0.283 e. The first-order chi connectivity index (χ1) is 13.5. The first-order valence-electron chi connectivity index (χ1n) is 7.90. The topological polar surface area (TPSA) is 94.8 Å². The van der Waals surface area contributed by atoms with Crippen LogP contribution in [0, 0.1) is 0 Å². The zero-order valence-electron chi connectivity index (χ0n) is 14.3. The number of rotatable bonds is 4. The van der Waals surface area contributed by atoms with Gasteiger partial charge in [-0.15, -0.1) is 0 Å². The van der Waals surface area contributed by atoms with Crippen LogP contribution in [-0.2, 0) is 14.9 Å². The smallest absolute Gasteiger partial charge is 0.283 e. The summed E-state index contributed by atoms with van der Waals surface area (Å²) >= 11 is 24.5. The molecule has 0 aliphatic rings. The van der Waals surface area contributed by atoms with Gasteiger partial charge in [-0.1, -0.05) is 82.8 Å². The molecule has 0 radical (unpaired) electrons. The van der Waals surface area contributed by atoms with Crippen LogP contribution in [-0.4, -0.2) is 23.2 Å². The van der Waals surface area contributed by atoms with Crippen LogP contribution in [0.15, 0.2) is 54.6 Å². The summed E-state index contributed by atoms with van der Waals surface area (Å²) in [7, 11) is -5.01. The number of hydrogen-bond acceptors (Lipinski definition) is 4. The lowest BCUT2D eigenvalue weighted by Crippen LogP contribution is -2.38. The number of benzene rings is 3. The van der Waals surface area contributed by atoms with Crippen molar-refractivity contribution in [2.24, 2.45) is 0 Å². The predicted molar refractivity (Wildman–Crippen MR) is 114 cm³/mol. The molecule has 3 rings (SSSR count). The monoisotopic (exact) mass is 492 g/mol. The maximum absolute atomic E-state index is 13.0. The van der Waals surface area contributed by atoms with E-state index >= 15 is 0 Å². The van der Waals surface area contributed by atoms with Crippen LogP contribution in [0.3, 0.4) is 0 Å². The fourth-order valence-corrected chi connectivity index (χ4v) is 5.43. The molecule has 10 heteroatoms. The minimum Gasteiger partial charge on any atom is -0.506 e. The van der Waals surface area contributed by atoms with E-state index in [0.29, 0.717) is 0 Å². The standard InChI is InChI=1S/C19H12Cl4O5S/c20-13-8-11(6-7-15(13)24)19(29(26,27)28,10-4-2-1-3-5-10)12-9-14(21)18(25)17(23)16(12)22/h1-9,24-25H,(H,26,27,28). The van der Waals surface area contributed by atoms with E-state index in [0.717, 1.165) is 6.07 Å². The summed E-state index contributed by atoms with van der Waals surface area (Å²) in [5.41, 5.74) is -0.139. The van der Waals surface area contributed by atoms with Gasteiger partial charge in [0.2, 0.25) is 0 Å². The van der Waals surface area contributed by atoms with Gasteiger partial charge in [0.1, 0.15) is 10.8 Å². The van der Waals surface area contributed by atoms with Gasteiger partial charge in [0.15, 0.2) is 10.5 Å². The van der Waals surface area contributed by atoms with Crippen LogP contribution in [0.25, 0.3) is 0 Å². The summed E-state index contributed by atoms with van der Waals surface area (Å²) in [5, 5.41) is 18.6. The lowest BCUT2D eigenvalue weighted by atomic mass is 9.83. The fourth-order valence-electron chi connectivity index (χ4n) is 3.15. The van der Waals surface area contributed by atoms with Crippen LogP contribution in [0.2, 0.25) is 20.1 Å². The molecule has 0 aliphatic carbocycles. The highest BCUT2D eigenvalue weighted by atomic mass is 35.5. The van der Waals surface area contributed by atoms with Gasteiger partial charge >= 0.3 is 0 Å². The molecule has 1 unspecified atom stereocenters. The Hall–Kier alpha value is -1.67. The Bertz CT molecular complexity index is 1200.